The Morgan fingerprint density at radius 1 is 1.10 bits per heavy atom. The highest BCUT2D eigenvalue weighted by atomic mass is 35.5. The Morgan fingerprint density at radius 3 is 2.35 bits per heavy atom. The van der Waals surface area contributed by atoms with Gasteiger partial charge in [-0.3, -0.25) is 9.00 Å². The van der Waals surface area contributed by atoms with Gasteiger partial charge in [-0.05, 0) is 36.4 Å². The van der Waals surface area contributed by atoms with Gasteiger partial charge in [-0.15, -0.1) is 0 Å². The first kappa shape index (κ1) is 14.8. The largest absolute Gasteiger partial charge is 0.293 e. The summed E-state index contributed by atoms with van der Waals surface area (Å²) in [6, 6.07) is 8.83. The number of benzene rings is 2. The molecule has 0 bridgehead atoms. The summed E-state index contributed by atoms with van der Waals surface area (Å²) >= 11 is 5.70. The number of carbonyl (C=O) groups excluding carboxylic acids is 1. The average molecular weight is 315 g/mol. The van der Waals surface area contributed by atoms with E-state index < -0.39 is 28.2 Å². The Labute approximate surface area is 121 Å². The molecule has 0 heterocycles. The molecule has 104 valence electrons. The van der Waals surface area contributed by atoms with Gasteiger partial charge in [0, 0.05) is 16.0 Å². The van der Waals surface area contributed by atoms with Gasteiger partial charge in [0.2, 0.25) is 0 Å². The second kappa shape index (κ2) is 6.24. The molecule has 0 spiro atoms. The molecular formula is C14H9ClF2O2S. The van der Waals surface area contributed by atoms with Crippen molar-refractivity contribution in [2.24, 2.45) is 0 Å². The molecule has 20 heavy (non-hydrogen) atoms. The van der Waals surface area contributed by atoms with Crippen LogP contribution in [0.4, 0.5) is 8.78 Å². The number of ketones is 1. The summed E-state index contributed by atoms with van der Waals surface area (Å²) in [5.41, 5.74) is -0.270. The normalized spacial score (nSPS) is 12.2. The molecule has 2 aromatic rings. The molecule has 0 fully saturated rings. The molecule has 0 aliphatic heterocycles. The van der Waals surface area contributed by atoms with E-state index in [4.69, 9.17) is 11.6 Å². The smallest absolute Gasteiger partial charge is 0.178 e. The summed E-state index contributed by atoms with van der Waals surface area (Å²) in [6.07, 6.45) is 0. The zero-order chi connectivity index (χ0) is 14.7. The summed E-state index contributed by atoms with van der Waals surface area (Å²) in [4.78, 5) is 12.3. The van der Waals surface area contributed by atoms with E-state index in [0.29, 0.717) is 16.0 Å². The number of Topliss-reactive ketones (excluding diaryl/α,β-unsaturated/α-hetero) is 1. The molecule has 0 aliphatic carbocycles. The lowest BCUT2D eigenvalue weighted by Crippen LogP contribution is -2.13. The number of carbonyl (C=O) groups is 1. The maximum Gasteiger partial charge on any atom is 0.178 e. The highest BCUT2D eigenvalue weighted by molar-refractivity contribution is 7.85. The first-order chi connectivity index (χ1) is 9.47. The first-order valence-corrected chi connectivity index (χ1v) is 7.29. The molecule has 2 nitrogen and oxygen atoms in total. The lowest BCUT2D eigenvalue weighted by atomic mass is 10.1. The van der Waals surface area contributed by atoms with Crippen molar-refractivity contribution < 1.29 is 17.8 Å². The molecule has 0 amide bonds. The van der Waals surface area contributed by atoms with Crippen LogP contribution < -0.4 is 0 Å². The molecule has 0 radical (unpaired) electrons. The van der Waals surface area contributed by atoms with E-state index >= 15 is 0 Å². The van der Waals surface area contributed by atoms with E-state index in [-0.39, 0.29) is 11.3 Å². The fourth-order valence-electron chi connectivity index (χ4n) is 1.58. The number of rotatable bonds is 4. The molecule has 1 atom stereocenters. The van der Waals surface area contributed by atoms with Crippen LogP contribution in [0.15, 0.2) is 47.4 Å². The molecule has 0 N–H and O–H groups in total. The SMILES string of the molecule is O=C(CS(=O)c1ccc(Cl)cc1)c1ccc(F)cc1F. The predicted octanol–water partition coefficient (Wildman–Crippen LogP) is 3.61. The van der Waals surface area contributed by atoms with E-state index in [9.17, 15) is 17.8 Å². The van der Waals surface area contributed by atoms with Gasteiger partial charge in [-0.2, -0.15) is 0 Å². The van der Waals surface area contributed by atoms with E-state index in [1.807, 2.05) is 0 Å². The molecule has 0 aliphatic rings. The summed E-state index contributed by atoms with van der Waals surface area (Å²) in [6.45, 7) is 0. The molecule has 0 aromatic heterocycles. The van der Waals surface area contributed by atoms with Crippen LogP contribution in [0.1, 0.15) is 10.4 Å². The molecule has 2 rings (SSSR count). The molecule has 0 saturated carbocycles. The van der Waals surface area contributed by atoms with Gasteiger partial charge in [-0.1, -0.05) is 11.6 Å². The number of hydrogen-bond acceptors (Lipinski definition) is 2. The molecule has 6 heteroatoms. The van der Waals surface area contributed by atoms with E-state index in [1.165, 1.54) is 12.1 Å². The van der Waals surface area contributed by atoms with Crippen molar-refractivity contribution in [1.29, 1.82) is 0 Å². The van der Waals surface area contributed by atoms with Crippen molar-refractivity contribution in [2.45, 2.75) is 4.90 Å². The number of hydrogen-bond donors (Lipinski definition) is 0. The van der Waals surface area contributed by atoms with Crippen LogP contribution in [0, 0.1) is 11.6 Å². The van der Waals surface area contributed by atoms with Crippen LogP contribution >= 0.6 is 11.6 Å². The monoisotopic (exact) mass is 314 g/mol. The van der Waals surface area contributed by atoms with Crippen molar-refractivity contribution in [1.82, 2.24) is 0 Å². The minimum atomic E-state index is -1.60. The Bertz CT molecular complexity index is 671. The van der Waals surface area contributed by atoms with Gasteiger partial charge in [0.1, 0.15) is 11.6 Å². The van der Waals surface area contributed by atoms with E-state index in [0.717, 1.165) is 12.1 Å². The van der Waals surface area contributed by atoms with Crippen LogP contribution in [-0.4, -0.2) is 15.7 Å². The lowest BCUT2D eigenvalue weighted by Gasteiger charge is -2.04. The van der Waals surface area contributed by atoms with Crippen LogP contribution in [0.2, 0.25) is 5.02 Å². The highest BCUT2D eigenvalue weighted by Crippen LogP contribution is 2.15. The Hall–Kier alpha value is -1.59. The quantitative estimate of drug-likeness (QED) is 0.808. The van der Waals surface area contributed by atoms with Crippen molar-refractivity contribution in [2.75, 3.05) is 5.75 Å². The van der Waals surface area contributed by atoms with Crippen LogP contribution in [0.5, 0.6) is 0 Å². The Balaban J connectivity index is 2.15. The third-order valence-corrected chi connectivity index (χ3v) is 4.14. The van der Waals surface area contributed by atoms with Crippen LogP contribution in [0.3, 0.4) is 0 Å². The van der Waals surface area contributed by atoms with Crippen LogP contribution in [0.25, 0.3) is 0 Å². The molecular weight excluding hydrogens is 306 g/mol. The molecule has 1 unspecified atom stereocenters. The molecule has 2 aromatic carbocycles. The van der Waals surface area contributed by atoms with Gasteiger partial charge in [0.25, 0.3) is 0 Å². The lowest BCUT2D eigenvalue weighted by molar-refractivity contribution is 0.101. The maximum absolute atomic E-state index is 13.4. The summed E-state index contributed by atoms with van der Waals surface area (Å²) in [5, 5.41) is 0.488. The van der Waals surface area contributed by atoms with Crippen molar-refractivity contribution in [3.8, 4) is 0 Å². The first-order valence-electron chi connectivity index (χ1n) is 5.59. The minimum absolute atomic E-state index is 0.270. The Kier molecular flexibility index (Phi) is 4.62. The van der Waals surface area contributed by atoms with Gasteiger partial charge >= 0.3 is 0 Å². The van der Waals surface area contributed by atoms with Crippen molar-refractivity contribution >= 4 is 28.2 Å². The van der Waals surface area contributed by atoms with Crippen LogP contribution in [-0.2, 0) is 10.8 Å². The second-order valence-corrected chi connectivity index (χ2v) is 5.88. The van der Waals surface area contributed by atoms with E-state index in [2.05, 4.69) is 0 Å². The zero-order valence-corrected chi connectivity index (χ0v) is 11.7. The Morgan fingerprint density at radius 2 is 1.75 bits per heavy atom. The fraction of sp³-hybridized carbons (Fsp3) is 0.0714. The van der Waals surface area contributed by atoms with Gasteiger partial charge in [-0.25, -0.2) is 8.78 Å². The topological polar surface area (TPSA) is 34.1 Å². The maximum atomic E-state index is 13.4. The second-order valence-electron chi connectivity index (χ2n) is 3.99. The van der Waals surface area contributed by atoms with E-state index in [1.54, 1.807) is 12.1 Å². The third-order valence-electron chi connectivity index (χ3n) is 2.57. The summed E-state index contributed by atoms with van der Waals surface area (Å²) < 4.78 is 38.2. The third kappa shape index (κ3) is 3.49. The fourth-order valence-corrected chi connectivity index (χ4v) is 2.71. The van der Waals surface area contributed by atoms with Crippen molar-refractivity contribution in [3.05, 3.63) is 64.7 Å². The highest BCUT2D eigenvalue weighted by Gasteiger charge is 2.16. The summed E-state index contributed by atoms with van der Waals surface area (Å²) in [5.74, 6) is -2.73. The average Bonchev–Trinajstić information content (AvgIpc) is 2.39. The van der Waals surface area contributed by atoms with Gasteiger partial charge in [0.15, 0.2) is 5.78 Å². The summed E-state index contributed by atoms with van der Waals surface area (Å²) in [7, 11) is -1.60. The zero-order valence-electron chi connectivity index (χ0n) is 10.1. The predicted molar refractivity (Wildman–Crippen MR) is 73.4 cm³/mol. The van der Waals surface area contributed by atoms with Crippen molar-refractivity contribution in [3.63, 3.8) is 0 Å². The van der Waals surface area contributed by atoms with Gasteiger partial charge in [0.05, 0.1) is 22.1 Å². The number of halogens is 3. The standard InChI is InChI=1S/C14H9ClF2O2S/c15-9-1-4-11(5-2-9)20(19)8-14(18)12-6-3-10(16)7-13(12)17/h1-7H,8H2. The van der Waals surface area contributed by atoms with Gasteiger partial charge < -0.3 is 0 Å². The minimum Gasteiger partial charge on any atom is -0.293 e. The molecule has 0 saturated heterocycles.